The highest BCUT2D eigenvalue weighted by Gasteiger charge is 2.18. The van der Waals surface area contributed by atoms with Crippen LogP contribution in [0.25, 0.3) is 6.08 Å². The first kappa shape index (κ1) is 16.7. The van der Waals surface area contributed by atoms with Crippen LogP contribution in [0.3, 0.4) is 0 Å². The predicted molar refractivity (Wildman–Crippen MR) is 105 cm³/mol. The number of hydrogen-bond acceptors (Lipinski definition) is 4. The fourth-order valence-electron chi connectivity index (χ4n) is 2.94. The molecule has 0 saturated heterocycles. The number of aromatic nitrogens is 1. The van der Waals surface area contributed by atoms with Gasteiger partial charge in [-0.15, -0.1) is 0 Å². The van der Waals surface area contributed by atoms with Gasteiger partial charge in [-0.25, -0.2) is 10.0 Å². The van der Waals surface area contributed by atoms with Gasteiger partial charge in [0.15, 0.2) is 0 Å². The van der Waals surface area contributed by atoms with Crippen molar-refractivity contribution in [3.63, 3.8) is 0 Å². The third-order valence-corrected chi connectivity index (χ3v) is 4.35. The Morgan fingerprint density at radius 1 is 1.00 bits per heavy atom. The van der Waals surface area contributed by atoms with Gasteiger partial charge in [0, 0.05) is 17.8 Å². The zero-order chi connectivity index (χ0) is 18.6. The molecule has 0 spiro atoms. The van der Waals surface area contributed by atoms with Gasteiger partial charge in [0.2, 0.25) is 0 Å². The van der Waals surface area contributed by atoms with Gasteiger partial charge in [-0.3, -0.25) is 4.79 Å². The molecule has 3 aromatic rings. The average molecular weight is 358 g/mol. The monoisotopic (exact) mass is 358 g/mol. The molecule has 1 aliphatic heterocycles. The second-order valence-electron chi connectivity index (χ2n) is 6.16. The maximum absolute atomic E-state index is 12.3. The highest BCUT2D eigenvalue weighted by molar-refractivity contribution is 6.04. The molecule has 0 unspecified atom stereocenters. The molecule has 0 aliphatic carbocycles. The molecule has 6 nitrogen and oxygen atoms in total. The minimum atomic E-state index is -0.182. The highest BCUT2D eigenvalue weighted by Crippen LogP contribution is 2.23. The van der Waals surface area contributed by atoms with Crippen LogP contribution >= 0.6 is 0 Å². The average Bonchev–Trinajstić information content (AvgIpc) is 2.71. The van der Waals surface area contributed by atoms with Gasteiger partial charge in [0.25, 0.3) is 11.7 Å². The first-order chi connectivity index (χ1) is 13.2. The SMILES string of the molecule is O=C(Nc1ccccc1)c1ccc(Nc2c3c(cc[n+]2[O-])C=CNC3)cc1. The van der Waals surface area contributed by atoms with Crippen molar-refractivity contribution in [3.05, 3.63) is 95.0 Å². The Hall–Kier alpha value is -3.80. The topological polar surface area (TPSA) is 80.1 Å². The van der Waals surface area contributed by atoms with Crippen molar-refractivity contribution in [2.45, 2.75) is 6.54 Å². The lowest BCUT2D eigenvalue weighted by molar-refractivity contribution is -0.590. The number of carbonyl (C=O) groups is 1. The molecule has 0 bridgehead atoms. The Morgan fingerprint density at radius 2 is 1.78 bits per heavy atom. The fourth-order valence-corrected chi connectivity index (χ4v) is 2.94. The van der Waals surface area contributed by atoms with E-state index in [2.05, 4.69) is 16.0 Å². The number of pyridine rings is 1. The molecule has 2 heterocycles. The number of nitrogens with one attached hydrogen (secondary N) is 3. The maximum atomic E-state index is 12.3. The molecule has 4 rings (SSSR count). The lowest BCUT2D eigenvalue weighted by Gasteiger charge is -2.17. The maximum Gasteiger partial charge on any atom is 0.288 e. The number of anilines is 3. The van der Waals surface area contributed by atoms with Crippen molar-refractivity contribution in [2.75, 3.05) is 10.6 Å². The van der Waals surface area contributed by atoms with Crippen molar-refractivity contribution in [3.8, 4) is 0 Å². The summed E-state index contributed by atoms with van der Waals surface area (Å²) in [7, 11) is 0. The number of hydrogen-bond donors (Lipinski definition) is 3. The smallest absolute Gasteiger partial charge is 0.288 e. The molecule has 2 aromatic carbocycles. The van der Waals surface area contributed by atoms with Crippen molar-refractivity contribution in [2.24, 2.45) is 0 Å². The molecule has 134 valence electrons. The Morgan fingerprint density at radius 3 is 2.56 bits per heavy atom. The summed E-state index contributed by atoms with van der Waals surface area (Å²) in [5, 5.41) is 21.3. The predicted octanol–water partition coefficient (Wildman–Crippen LogP) is 3.39. The summed E-state index contributed by atoms with van der Waals surface area (Å²) < 4.78 is 0.815. The Labute approximate surface area is 156 Å². The second-order valence-corrected chi connectivity index (χ2v) is 6.16. The van der Waals surface area contributed by atoms with E-state index in [-0.39, 0.29) is 5.91 Å². The summed E-state index contributed by atoms with van der Waals surface area (Å²) in [6.07, 6.45) is 5.28. The van der Waals surface area contributed by atoms with E-state index in [4.69, 9.17) is 0 Å². The summed E-state index contributed by atoms with van der Waals surface area (Å²) in [4.78, 5) is 12.3. The Balaban J connectivity index is 1.52. The zero-order valence-electron chi connectivity index (χ0n) is 14.5. The number of rotatable bonds is 4. The third kappa shape index (κ3) is 3.59. The van der Waals surface area contributed by atoms with Crippen LogP contribution in [-0.4, -0.2) is 5.91 Å². The van der Waals surface area contributed by atoms with E-state index in [9.17, 15) is 10.0 Å². The lowest BCUT2D eigenvalue weighted by atomic mass is 10.1. The van der Waals surface area contributed by atoms with Crippen molar-refractivity contribution < 1.29 is 9.52 Å². The van der Waals surface area contributed by atoms with E-state index in [1.807, 2.05) is 42.6 Å². The summed E-state index contributed by atoms with van der Waals surface area (Å²) in [6, 6.07) is 18.1. The van der Waals surface area contributed by atoms with E-state index in [0.717, 1.165) is 27.2 Å². The van der Waals surface area contributed by atoms with Crippen LogP contribution in [0.2, 0.25) is 0 Å². The van der Waals surface area contributed by atoms with Crippen molar-refractivity contribution in [1.29, 1.82) is 0 Å². The molecular formula is C21H18N4O2. The molecule has 3 N–H and O–H groups in total. The van der Waals surface area contributed by atoms with E-state index in [1.165, 1.54) is 6.20 Å². The van der Waals surface area contributed by atoms with Crippen LogP contribution < -0.4 is 20.7 Å². The molecule has 0 saturated carbocycles. The van der Waals surface area contributed by atoms with Crippen LogP contribution in [0.1, 0.15) is 21.5 Å². The summed E-state index contributed by atoms with van der Waals surface area (Å²) >= 11 is 0. The minimum Gasteiger partial charge on any atom is -0.711 e. The van der Waals surface area contributed by atoms with Gasteiger partial charge in [-0.2, -0.15) is 0 Å². The van der Waals surface area contributed by atoms with Gasteiger partial charge >= 0.3 is 0 Å². The van der Waals surface area contributed by atoms with E-state index < -0.39 is 0 Å². The molecule has 6 heteroatoms. The fraction of sp³-hybridized carbons (Fsp3) is 0.0476. The van der Waals surface area contributed by atoms with Crippen LogP contribution in [0.15, 0.2) is 73.1 Å². The number of benzene rings is 2. The largest absolute Gasteiger partial charge is 0.711 e. The van der Waals surface area contributed by atoms with E-state index >= 15 is 0 Å². The standard InChI is InChI=1S/C21H18N4O2/c26-21(24-17-4-2-1-3-5-17)16-6-8-18(9-7-16)23-20-19-14-22-12-10-15(19)11-13-25(20)27/h1-13,22-23H,14H2,(H,24,26). The molecule has 0 fully saturated rings. The van der Waals surface area contributed by atoms with Crippen LogP contribution in [0.4, 0.5) is 17.2 Å². The lowest BCUT2D eigenvalue weighted by Crippen LogP contribution is -2.32. The molecule has 1 amide bonds. The summed E-state index contributed by atoms with van der Waals surface area (Å²) in [5.41, 5.74) is 3.93. The van der Waals surface area contributed by atoms with Gasteiger partial charge in [-0.1, -0.05) is 18.2 Å². The summed E-state index contributed by atoms with van der Waals surface area (Å²) in [6.45, 7) is 0.578. The first-order valence-electron chi connectivity index (χ1n) is 8.59. The minimum absolute atomic E-state index is 0.182. The van der Waals surface area contributed by atoms with E-state index in [0.29, 0.717) is 17.9 Å². The van der Waals surface area contributed by atoms with Crippen LogP contribution in [0, 0.1) is 5.21 Å². The molecule has 1 aromatic heterocycles. The normalized spacial score (nSPS) is 12.0. The molecule has 0 radical (unpaired) electrons. The van der Waals surface area contributed by atoms with E-state index in [1.54, 1.807) is 30.3 Å². The molecule has 1 aliphatic rings. The van der Waals surface area contributed by atoms with Gasteiger partial charge in [0.05, 0.1) is 11.8 Å². The molecular weight excluding hydrogens is 340 g/mol. The van der Waals surface area contributed by atoms with Crippen molar-refractivity contribution in [1.82, 2.24) is 5.32 Å². The number of amides is 1. The zero-order valence-corrected chi connectivity index (χ0v) is 14.5. The van der Waals surface area contributed by atoms with Gasteiger partial charge in [-0.05, 0) is 60.3 Å². The molecule has 27 heavy (non-hydrogen) atoms. The molecule has 0 atom stereocenters. The summed E-state index contributed by atoms with van der Waals surface area (Å²) in [5.74, 6) is 0.295. The second kappa shape index (κ2) is 7.21. The number of para-hydroxylation sites is 1. The quantitative estimate of drug-likeness (QED) is 0.493. The van der Waals surface area contributed by atoms with Gasteiger partial charge in [0.1, 0.15) is 5.69 Å². The van der Waals surface area contributed by atoms with Crippen molar-refractivity contribution >= 4 is 29.2 Å². The number of nitrogens with zero attached hydrogens (tertiary/aromatic N) is 1. The van der Waals surface area contributed by atoms with Crippen LogP contribution in [-0.2, 0) is 6.54 Å². The Kier molecular flexibility index (Phi) is 4.45. The highest BCUT2D eigenvalue weighted by atomic mass is 16.5. The van der Waals surface area contributed by atoms with Crippen LogP contribution in [0.5, 0.6) is 0 Å². The number of carbonyl (C=O) groups excluding carboxylic acids is 1. The third-order valence-electron chi connectivity index (χ3n) is 4.35. The number of fused-ring (bicyclic) bond motifs is 1. The first-order valence-corrected chi connectivity index (χ1v) is 8.59. The van der Waals surface area contributed by atoms with Gasteiger partial charge < -0.3 is 15.8 Å². The Bertz CT molecular complexity index is 999.